The molecular formula is C15H20ClN3O3. The number of ether oxygens (including phenoxy) is 1. The van der Waals surface area contributed by atoms with E-state index in [0.29, 0.717) is 11.0 Å². The summed E-state index contributed by atoms with van der Waals surface area (Å²) in [5.41, 5.74) is 0.397. The predicted octanol–water partition coefficient (Wildman–Crippen LogP) is 2.24. The van der Waals surface area contributed by atoms with Crippen LogP contribution >= 0.6 is 11.6 Å². The van der Waals surface area contributed by atoms with Gasteiger partial charge in [-0.05, 0) is 26.7 Å². The maximum Gasteiger partial charge on any atom is 0.345 e. The van der Waals surface area contributed by atoms with Gasteiger partial charge in [0, 0.05) is 31.9 Å². The summed E-state index contributed by atoms with van der Waals surface area (Å²) in [5.74, 6) is -0.118. The van der Waals surface area contributed by atoms with Crippen LogP contribution in [0.4, 0.5) is 0 Å². The van der Waals surface area contributed by atoms with Crippen LogP contribution in [0.5, 0.6) is 0 Å². The van der Waals surface area contributed by atoms with E-state index in [-0.39, 0.29) is 23.8 Å². The maximum atomic E-state index is 12.6. The number of carbonyl (C=O) groups excluding carboxylic acids is 1. The van der Waals surface area contributed by atoms with E-state index < -0.39 is 5.97 Å². The van der Waals surface area contributed by atoms with Gasteiger partial charge in [-0.15, -0.1) is 0 Å². The van der Waals surface area contributed by atoms with Crippen molar-refractivity contribution in [2.24, 2.45) is 0 Å². The lowest BCUT2D eigenvalue weighted by Gasteiger charge is -2.28. The Kier molecular flexibility index (Phi) is 4.90. The van der Waals surface area contributed by atoms with Crippen molar-refractivity contribution in [3.05, 3.63) is 33.1 Å². The van der Waals surface area contributed by atoms with Crippen LogP contribution in [-0.4, -0.2) is 41.1 Å². The third-order valence-electron chi connectivity index (χ3n) is 3.65. The van der Waals surface area contributed by atoms with E-state index in [1.807, 2.05) is 21.0 Å². The molecule has 0 amide bonds. The Balaban J connectivity index is 2.63. The second kappa shape index (κ2) is 6.52. The average Bonchev–Trinajstić information content (AvgIpc) is 2.47. The Bertz CT molecular complexity index is 679. The van der Waals surface area contributed by atoms with E-state index in [2.05, 4.69) is 4.98 Å². The van der Waals surface area contributed by atoms with Crippen molar-refractivity contribution in [1.29, 1.82) is 0 Å². The third-order valence-corrected chi connectivity index (χ3v) is 4.22. The Morgan fingerprint density at radius 1 is 1.55 bits per heavy atom. The van der Waals surface area contributed by atoms with Crippen molar-refractivity contribution in [2.75, 3.05) is 20.7 Å². The molecule has 120 valence electrons. The molecule has 1 unspecified atom stereocenters. The Labute approximate surface area is 134 Å². The molecule has 0 saturated heterocycles. The first kappa shape index (κ1) is 16.5. The molecule has 0 N–H and O–H groups in total. The summed E-state index contributed by atoms with van der Waals surface area (Å²) in [4.78, 5) is 30.6. The molecule has 2 heterocycles. The molecule has 0 radical (unpaired) electrons. The number of rotatable bonds is 3. The first-order chi connectivity index (χ1) is 10.4. The van der Waals surface area contributed by atoms with E-state index in [0.717, 1.165) is 18.4 Å². The van der Waals surface area contributed by atoms with Gasteiger partial charge in [0.1, 0.15) is 16.5 Å². The number of carbonyl (C=O) groups is 1. The average molecular weight is 326 g/mol. The van der Waals surface area contributed by atoms with Crippen LogP contribution in [0.15, 0.2) is 16.1 Å². The van der Waals surface area contributed by atoms with Gasteiger partial charge >= 0.3 is 5.97 Å². The van der Waals surface area contributed by atoms with Crippen molar-refractivity contribution in [3.8, 4) is 0 Å². The number of allylic oxidation sites excluding steroid dienone is 1. The lowest BCUT2D eigenvalue weighted by atomic mass is 10.00. The molecule has 22 heavy (non-hydrogen) atoms. The number of esters is 1. The minimum absolute atomic E-state index is 0.0419. The van der Waals surface area contributed by atoms with Gasteiger partial charge in [-0.2, -0.15) is 0 Å². The summed E-state index contributed by atoms with van der Waals surface area (Å²) >= 11 is 6.33. The molecule has 2 rings (SSSR count). The molecule has 1 aromatic heterocycles. The molecule has 1 aliphatic rings. The fraction of sp³-hybridized carbons (Fsp3) is 0.533. The molecule has 0 aliphatic carbocycles. The Morgan fingerprint density at radius 2 is 2.23 bits per heavy atom. The highest BCUT2D eigenvalue weighted by Gasteiger charge is 2.27. The van der Waals surface area contributed by atoms with E-state index >= 15 is 0 Å². The highest BCUT2D eigenvalue weighted by atomic mass is 35.5. The van der Waals surface area contributed by atoms with Crippen LogP contribution < -0.4 is 5.56 Å². The zero-order chi connectivity index (χ0) is 16.4. The van der Waals surface area contributed by atoms with Crippen LogP contribution in [0.1, 0.15) is 48.9 Å². The first-order valence-electron chi connectivity index (χ1n) is 7.23. The minimum atomic E-state index is -0.641. The highest BCUT2D eigenvalue weighted by molar-refractivity contribution is 6.32. The van der Waals surface area contributed by atoms with Gasteiger partial charge in [0.05, 0.1) is 6.61 Å². The maximum absolute atomic E-state index is 12.6. The topological polar surface area (TPSA) is 64.4 Å². The summed E-state index contributed by atoms with van der Waals surface area (Å²) in [5, 5.41) is 0.552. The molecule has 0 spiro atoms. The zero-order valence-corrected chi connectivity index (χ0v) is 14.0. The molecule has 0 saturated carbocycles. The molecule has 0 fully saturated rings. The SMILES string of the molecule is CCOC(=O)c1cnc2n(c1=O)C(C)CC/C2=C(\Cl)N(C)C. The monoisotopic (exact) mass is 325 g/mol. The summed E-state index contributed by atoms with van der Waals surface area (Å²) in [7, 11) is 3.67. The van der Waals surface area contributed by atoms with E-state index in [4.69, 9.17) is 16.3 Å². The molecule has 0 aromatic carbocycles. The Hall–Kier alpha value is -1.82. The van der Waals surface area contributed by atoms with Gasteiger partial charge in [-0.1, -0.05) is 11.6 Å². The molecular weight excluding hydrogens is 306 g/mol. The van der Waals surface area contributed by atoms with Crippen LogP contribution in [0, 0.1) is 0 Å². The van der Waals surface area contributed by atoms with E-state index in [9.17, 15) is 9.59 Å². The second-order valence-corrected chi connectivity index (χ2v) is 5.80. The number of hydrogen-bond acceptors (Lipinski definition) is 5. The zero-order valence-electron chi connectivity index (χ0n) is 13.2. The summed E-state index contributed by atoms with van der Waals surface area (Å²) < 4.78 is 6.45. The van der Waals surface area contributed by atoms with Crippen LogP contribution in [-0.2, 0) is 4.74 Å². The molecule has 1 atom stereocenters. The smallest absolute Gasteiger partial charge is 0.345 e. The summed E-state index contributed by atoms with van der Waals surface area (Å²) in [6, 6.07) is -0.0419. The quantitative estimate of drug-likeness (QED) is 0.630. The van der Waals surface area contributed by atoms with Crippen molar-refractivity contribution in [3.63, 3.8) is 0 Å². The van der Waals surface area contributed by atoms with Crippen molar-refractivity contribution >= 4 is 23.1 Å². The van der Waals surface area contributed by atoms with Crippen LogP contribution in [0.25, 0.3) is 5.57 Å². The van der Waals surface area contributed by atoms with Crippen molar-refractivity contribution in [1.82, 2.24) is 14.5 Å². The van der Waals surface area contributed by atoms with Crippen molar-refractivity contribution < 1.29 is 9.53 Å². The predicted molar refractivity (Wildman–Crippen MR) is 84.9 cm³/mol. The molecule has 7 heteroatoms. The fourth-order valence-corrected chi connectivity index (χ4v) is 2.69. The van der Waals surface area contributed by atoms with Gasteiger partial charge in [0.2, 0.25) is 0 Å². The largest absolute Gasteiger partial charge is 0.462 e. The Morgan fingerprint density at radius 3 is 2.82 bits per heavy atom. The minimum Gasteiger partial charge on any atom is -0.462 e. The van der Waals surface area contributed by atoms with Gasteiger partial charge in [0.25, 0.3) is 5.56 Å². The van der Waals surface area contributed by atoms with Gasteiger partial charge in [-0.3, -0.25) is 9.36 Å². The number of nitrogens with zero attached hydrogens (tertiary/aromatic N) is 3. The number of halogens is 1. The summed E-state index contributed by atoms with van der Waals surface area (Å²) in [6.45, 7) is 3.84. The van der Waals surface area contributed by atoms with Gasteiger partial charge in [-0.25, -0.2) is 9.78 Å². The molecule has 1 aliphatic heterocycles. The van der Waals surface area contributed by atoms with E-state index in [1.165, 1.54) is 10.8 Å². The lowest BCUT2D eigenvalue weighted by Crippen LogP contribution is -2.35. The highest BCUT2D eigenvalue weighted by Crippen LogP contribution is 2.33. The second-order valence-electron chi connectivity index (χ2n) is 5.44. The van der Waals surface area contributed by atoms with Gasteiger partial charge in [0.15, 0.2) is 0 Å². The normalized spacial score (nSPS) is 19.4. The van der Waals surface area contributed by atoms with Crippen LogP contribution in [0.2, 0.25) is 0 Å². The molecule has 0 bridgehead atoms. The molecule has 6 nitrogen and oxygen atoms in total. The number of aromatic nitrogens is 2. The van der Waals surface area contributed by atoms with Crippen molar-refractivity contribution in [2.45, 2.75) is 32.7 Å². The first-order valence-corrected chi connectivity index (χ1v) is 7.61. The van der Waals surface area contributed by atoms with Gasteiger partial charge < -0.3 is 9.64 Å². The fourth-order valence-electron chi connectivity index (χ4n) is 2.51. The van der Waals surface area contributed by atoms with E-state index in [1.54, 1.807) is 11.8 Å². The summed E-state index contributed by atoms with van der Waals surface area (Å²) in [6.07, 6.45) is 2.79. The standard InChI is InChI=1S/C15H20ClN3O3/c1-5-22-15(21)11-8-17-13-10(12(16)18(3)4)7-6-9(2)19(13)14(11)20/h8-9H,5-7H2,1-4H3/b12-10-. The number of fused-ring (bicyclic) bond motifs is 1. The van der Waals surface area contributed by atoms with Crippen LogP contribution in [0.3, 0.4) is 0 Å². The number of hydrogen-bond donors (Lipinski definition) is 0. The lowest BCUT2D eigenvalue weighted by molar-refractivity contribution is 0.0522. The third kappa shape index (κ3) is 2.88. The molecule has 1 aromatic rings.